The summed E-state index contributed by atoms with van der Waals surface area (Å²) in [6.07, 6.45) is 3.77. The van der Waals surface area contributed by atoms with Gasteiger partial charge in [0.05, 0.1) is 18.2 Å². The molecular weight excluding hydrogens is 286 g/mol. The number of carbonyl (C=O) groups is 1. The third-order valence-electron chi connectivity index (χ3n) is 3.90. The number of pyridine rings is 1. The lowest BCUT2D eigenvalue weighted by atomic mass is 9.91. The lowest BCUT2D eigenvalue weighted by Crippen LogP contribution is -2.03. The van der Waals surface area contributed by atoms with Crippen molar-refractivity contribution >= 4 is 16.9 Å². The highest BCUT2D eigenvalue weighted by Gasteiger charge is 2.13. The topological polar surface area (TPSA) is 39.2 Å². The van der Waals surface area contributed by atoms with Crippen molar-refractivity contribution in [3.8, 4) is 0 Å². The van der Waals surface area contributed by atoms with Gasteiger partial charge in [0, 0.05) is 17.5 Å². The molecule has 1 aromatic heterocycles. The molecule has 0 radical (unpaired) electrons. The Bertz CT molecular complexity index is 853. The van der Waals surface area contributed by atoms with E-state index in [-0.39, 0.29) is 11.9 Å². The normalized spacial score (nSPS) is 11.9. The van der Waals surface area contributed by atoms with Gasteiger partial charge in [-0.15, -0.1) is 6.58 Å². The Morgan fingerprint density at radius 1 is 1.13 bits per heavy atom. The fourth-order valence-electron chi connectivity index (χ4n) is 2.67. The molecule has 0 aliphatic heterocycles. The van der Waals surface area contributed by atoms with E-state index in [1.807, 2.05) is 48.7 Å². The molecular formula is C20H17NO2. The van der Waals surface area contributed by atoms with E-state index in [0.29, 0.717) is 5.56 Å². The lowest BCUT2D eigenvalue weighted by Gasteiger charge is -2.14. The summed E-state index contributed by atoms with van der Waals surface area (Å²) in [5.74, 6) is -0.308. The fourth-order valence-corrected chi connectivity index (χ4v) is 2.67. The minimum atomic E-state index is -0.334. The summed E-state index contributed by atoms with van der Waals surface area (Å²) >= 11 is 0. The summed E-state index contributed by atoms with van der Waals surface area (Å²) in [5.41, 5.74) is 3.64. The van der Waals surface area contributed by atoms with E-state index >= 15 is 0 Å². The predicted molar refractivity (Wildman–Crippen MR) is 91.6 cm³/mol. The number of fused-ring (bicyclic) bond motifs is 1. The molecule has 0 saturated heterocycles. The van der Waals surface area contributed by atoms with Crippen LogP contribution in [0.1, 0.15) is 27.4 Å². The van der Waals surface area contributed by atoms with Crippen LogP contribution in [0.4, 0.5) is 0 Å². The molecule has 114 valence electrons. The van der Waals surface area contributed by atoms with E-state index in [2.05, 4.69) is 17.6 Å². The zero-order valence-corrected chi connectivity index (χ0v) is 12.9. The molecule has 1 atom stereocenters. The van der Waals surface area contributed by atoms with E-state index in [1.54, 1.807) is 12.1 Å². The Morgan fingerprint density at radius 3 is 2.57 bits per heavy atom. The number of carbonyl (C=O) groups excluding carboxylic acids is 1. The zero-order valence-electron chi connectivity index (χ0n) is 12.9. The number of nitrogens with zero attached hydrogens (tertiary/aromatic N) is 1. The Labute approximate surface area is 135 Å². The number of hydrogen-bond donors (Lipinski definition) is 0. The van der Waals surface area contributed by atoms with Crippen molar-refractivity contribution in [1.29, 1.82) is 0 Å². The quantitative estimate of drug-likeness (QED) is 0.531. The molecule has 0 amide bonds. The van der Waals surface area contributed by atoms with E-state index < -0.39 is 0 Å². The first kappa shape index (κ1) is 15.0. The van der Waals surface area contributed by atoms with E-state index in [9.17, 15) is 4.79 Å². The molecule has 3 aromatic rings. The van der Waals surface area contributed by atoms with Crippen LogP contribution in [0.3, 0.4) is 0 Å². The highest BCUT2D eigenvalue weighted by molar-refractivity contribution is 5.89. The molecule has 0 spiro atoms. The van der Waals surface area contributed by atoms with Crippen LogP contribution in [0.15, 0.2) is 73.4 Å². The van der Waals surface area contributed by atoms with Gasteiger partial charge in [0.25, 0.3) is 0 Å². The second kappa shape index (κ2) is 6.44. The second-order valence-electron chi connectivity index (χ2n) is 5.29. The molecule has 23 heavy (non-hydrogen) atoms. The van der Waals surface area contributed by atoms with Crippen LogP contribution in [0.2, 0.25) is 0 Å². The zero-order chi connectivity index (χ0) is 16.2. The van der Waals surface area contributed by atoms with Gasteiger partial charge in [0.1, 0.15) is 0 Å². The minimum absolute atomic E-state index is 0.0267. The van der Waals surface area contributed by atoms with Crippen LogP contribution in [0.25, 0.3) is 10.9 Å². The second-order valence-corrected chi connectivity index (χ2v) is 5.29. The molecule has 1 heterocycles. The summed E-state index contributed by atoms with van der Waals surface area (Å²) in [6.45, 7) is 3.95. The maximum Gasteiger partial charge on any atom is 0.337 e. The van der Waals surface area contributed by atoms with Crippen LogP contribution < -0.4 is 0 Å². The smallest absolute Gasteiger partial charge is 0.337 e. The van der Waals surface area contributed by atoms with Crippen molar-refractivity contribution in [1.82, 2.24) is 4.98 Å². The average molecular weight is 303 g/mol. The maximum absolute atomic E-state index is 11.5. The van der Waals surface area contributed by atoms with Crippen LogP contribution >= 0.6 is 0 Å². The summed E-state index contributed by atoms with van der Waals surface area (Å²) in [4.78, 5) is 16.0. The number of esters is 1. The molecule has 2 aromatic carbocycles. The molecule has 0 aliphatic rings. The number of allylic oxidation sites excluding steroid dienone is 1. The van der Waals surface area contributed by atoms with Crippen molar-refractivity contribution in [2.45, 2.75) is 5.92 Å². The van der Waals surface area contributed by atoms with Gasteiger partial charge < -0.3 is 4.74 Å². The molecule has 0 aliphatic carbocycles. The largest absolute Gasteiger partial charge is 0.465 e. The molecule has 3 heteroatoms. The summed E-state index contributed by atoms with van der Waals surface area (Å²) in [7, 11) is 1.38. The highest BCUT2D eigenvalue weighted by atomic mass is 16.5. The highest BCUT2D eigenvalue weighted by Crippen LogP contribution is 2.27. The van der Waals surface area contributed by atoms with Gasteiger partial charge in [-0.25, -0.2) is 4.79 Å². The fraction of sp³-hybridized carbons (Fsp3) is 0.100. The van der Waals surface area contributed by atoms with Gasteiger partial charge >= 0.3 is 5.97 Å². The van der Waals surface area contributed by atoms with E-state index in [4.69, 9.17) is 4.74 Å². The van der Waals surface area contributed by atoms with Gasteiger partial charge in [0.15, 0.2) is 0 Å². The SMILES string of the molecule is C=CC(c1ccc(C(=O)OC)cc1)c1cnc2ccccc2c1. The first-order valence-corrected chi connectivity index (χ1v) is 7.38. The molecule has 0 N–H and O–H groups in total. The minimum Gasteiger partial charge on any atom is -0.465 e. The monoisotopic (exact) mass is 303 g/mol. The van der Waals surface area contributed by atoms with Gasteiger partial charge in [-0.2, -0.15) is 0 Å². The third kappa shape index (κ3) is 2.99. The Morgan fingerprint density at radius 2 is 1.87 bits per heavy atom. The van der Waals surface area contributed by atoms with Gasteiger partial charge in [0.2, 0.25) is 0 Å². The van der Waals surface area contributed by atoms with Crippen molar-refractivity contribution < 1.29 is 9.53 Å². The van der Waals surface area contributed by atoms with Gasteiger partial charge in [-0.1, -0.05) is 36.4 Å². The molecule has 0 fully saturated rings. The number of rotatable bonds is 4. The first-order chi connectivity index (χ1) is 11.2. The van der Waals surface area contributed by atoms with Crippen LogP contribution in [0, 0.1) is 0 Å². The summed E-state index contributed by atoms with van der Waals surface area (Å²) in [6, 6.07) is 17.5. The average Bonchev–Trinajstić information content (AvgIpc) is 2.62. The molecule has 3 rings (SSSR count). The standard InChI is InChI=1S/C20H17NO2/c1-3-18(14-8-10-15(11-9-14)20(22)23-2)17-12-16-6-4-5-7-19(16)21-13-17/h3-13,18H,1H2,2H3. The Kier molecular flexibility index (Phi) is 4.20. The summed E-state index contributed by atoms with van der Waals surface area (Å²) in [5, 5.41) is 1.10. The molecule has 3 nitrogen and oxygen atoms in total. The van der Waals surface area contributed by atoms with Crippen molar-refractivity contribution in [2.24, 2.45) is 0 Å². The first-order valence-electron chi connectivity index (χ1n) is 7.38. The maximum atomic E-state index is 11.5. The number of aromatic nitrogens is 1. The molecule has 0 bridgehead atoms. The van der Waals surface area contributed by atoms with Crippen LogP contribution in [-0.4, -0.2) is 18.1 Å². The number of ether oxygens (including phenoxy) is 1. The predicted octanol–water partition coefficient (Wildman–Crippen LogP) is 4.34. The van der Waals surface area contributed by atoms with Crippen molar-refractivity contribution in [3.63, 3.8) is 0 Å². The number of benzene rings is 2. The molecule has 0 saturated carbocycles. The molecule has 1 unspecified atom stereocenters. The van der Waals surface area contributed by atoms with E-state index in [1.165, 1.54) is 7.11 Å². The van der Waals surface area contributed by atoms with E-state index in [0.717, 1.165) is 22.0 Å². The Hall–Kier alpha value is -2.94. The summed E-state index contributed by atoms with van der Waals surface area (Å²) < 4.78 is 4.73. The van der Waals surface area contributed by atoms with Gasteiger partial charge in [-0.05, 0) is 35.4 Å². The van der Waals surface area contributed by atoms with Crippen molar-refractivity contribution in [3.05, 3.63) is 90.1 Å². The van der Waals surface area contributed by atoms with Crippen LogP contribution in [-0.2, 0) is 4.74 Å². The lowest BCUT2D eigenvalue weighted by molar-refractivity contribution is 0.0600. The Balaban J connectivity index is 1.97. The van der Waals surface area contributed by atoms with Crippen LogP contribution in [0.5, 0.6) is 0 Å². The number of para-hydroxylation sites is 1. The number of hydrogen-bond acceptors (Lipinski definition) is 3. The third-order valence-corrected chi connectivity index (χ3v) is 3.90. The number of methoxy groups -OCH3 is 1. The van der Waals surface area contributed by atoms with Gasteiger partial charge in [-0.3, -0.25) is 4.98 Å². The van der Waals surface area contributed by atoms with Crippen molar-refractivity contribution in [2.75, 3.05) is 7.11 Å².